The Morgan fingerprint density at radius 2 is 1.96 bits per heavy atom. The third-order valence-electron chi connectivity index (χ3n) is 3.75. The first-order valence-corrected chi connectivity index (χ1v) is 7.81. The molecule has 0 fully saturated rings. The number of hydrogen-bond donors (Lipinski definition) is 2. The molecule has 0 saturated carbocycles. The Hall–Kier alpha value is -3.10. The third-order valence-corrected chi connectivity index (χ3v) is 3.75. The fraction of sp³-hybridized carbons (Fsp3) is 0.235. The predicted octanol–water partition coefficient (Wildman–Crippen LogP) is 2.10. The van der Waals surface area contributed by atoms with Crippen LogP contribution in [-0.4, -0.2) is 27.0 Å². The number of aromatic nitrogens is 3. The SMILES string of the molecule is O=C(Cn1cc(C(F)(F)F)ccc1=O)NCCc1nc2ccccc2[nH]1. The Balaban J connectivity index is 1.58. The van der Waals surface area contributed by atoms with E-state index >= 15 is 0 Å². The molecule has 136 valence electrons. The molecule has 2 N–H and O–H groups in total. The summed E-state index contributed by atoms with van der Waals surface area (Å²) < 4.78 is 38.8. The first-order valence-electron chi connectivity index (χ1n) is 7.81. The monoisotopic (exact) mass is 364 g/mol. The number of halogens is 3. The summed E-state index contributed by atoms with van der Waals surface area (Å²) in [6.07, 6.45) is -3.51. The highest BCUT2D eigenvalue weighted by molar-refractivity contribution is 5.76. The minimum Gasteiger partial charge on any atom is -0.354 e. The largest absolute Gasteiger partial charge is 0.417 e. The van der Waals surface area contributed by atoms with E-state index in [1.54, 1.807) is 0 Å². The molecule has 0 spiro atoms. The summed E-state index contributed by atoms with van der Waals surface area (Å²) in [4.78, 5) is 31.0. The van der Waals surface area contributed by atoms with Gasteiger partial charge >= 0.3 is 6.18 Å². The van der Waals surface area contributed by atoms with E-state index in [9.17, 15) is 22.8 Å². The number of benzene rings is 1. The molecule has 0 bridgehead atoms. The normalized spacial score (nSPS) is 11.7. The number of H-pyrrole nitrogens is 1. The first-order chi connectivity index (χ1) is 12.3. The van der Waals surface area contributed by atoms with Crippen LogP contribution in [0.15, 0.2) is 47.4 Å². The number of nitrogens with zero attached hydrogens (tertiary/aromatic N) is 2. The van der Waals surface area contributed by atoms with E-state index in [0.29, 0.717) is 24.5 Å². The predicted molar refractivity (Wildman–Crippen MR) is 88.5 cm³/mol. The Morgan fingerprint density at radius 1 is 1.19 bits per heavy atom. The fourth-order valence-electron chi connectivity index (χ4n) is 2.48. The molecule has 1 amide bonds. The van der Waals surface area contributed by atoms with Crippen molar-refractivity contribution in [2.24, 2.45) is 0 Å². The number of alkyl halides is 3. The number of amides is 1. The van der Waals surface area contributed by atoms with Gasteiger partial charge in [-0.25, -0.2) is 4.98 Å². The average Bonchev–Trinajstić information content (AvgIpc) is 2.98. The summed E-state index contributed by atoms with van der Waals surface area (Å²) in [5.41, 5.74) is 0.0336. The van der Waals surface area contributed by atoms with Crippen molar-refractivity contribution in [2.75, 3.05) is 6.54 Å². The van der Waals surface area contributed by atoms with Crippen molar-refractivity contribution in [3.8, 4) is 0 Å². The number of para-hydroxylation sites is 2. The fourth-order valence-corrected chi connectivity index (χ4v) is 2.48. The van der Waals surface area contributed by atoms with E-state index in [1.807, 2.05) is 24.3 Å². The molecule has 0 unspecified atom stereocenters. The Kier molecular flexibility index (Phi) is 4.79. The summed E-state index contributed by atoms with van der Waals surface area (Å²) in [5, 5.41) is 2.57. The van der Waals surface area contributed by atoms with Gasteiger partial charge in [-0.15, -0.1) is 0 Å². The zero-order chi connectivity index (χ0) is 18.7. The maximum absolute atomic E-state index is 12.7. The van der Waals surface area contributed by atoms with Crippen LogP contribution in [0.2, 0.25) is 0 Å². The second kappa shape index (κ2) is 7.03. The number of carbonyl (C=O) groups is 1. The van der Waals surface area contributed by atoms with Crippen molar-refractivity contribution < 1.29 is 18.0 Å². The van der Waals surface area contributed by atoms with Gasteiger partial charge in [0.2, 0.25) is 5.91 Å². The van der Waals surface area contributed by atoms with Gasteiger partial charge in [-0.2, -0.15) is 13.2 Å². The molecular formula is C17H15F3N4O2. The van der Waals surface area contributed by atoms with Gasteiger partial charge in [-0.3, -0.25) is 9.59 Å². The number of hydrogen-bond acceptors (Lipinski definition) is 3. The van der Waals surface area contributed by atoms with Crippen molar-refractivity contribution >= 4 is 16.9 Å². The molecule has 26 heavy (non-hydrogen) atoms. The van der Waals surface area contributed by atoms with Gasteiger partial charge in [-0.1, -0.05) is 12.1 Å². The van der Waals surface area contributed by atoms with E-state index in [0.717, 1.165) is 21.7 Å². The molecular weight excluding hydrogens is 349 g/mol. The number of pyridine rings is 1. The molecule has 2 aromatic heterocycles. The van der Waals surface area contributed by atoms with Crippen LogP contribution in [0.1, 0.15) is 11.4 Å². The minimum absolute atomic E-state index is 0.242. The van der Waals surface area contributed by atoms with E-state index < -0.39 is 29.8 Å². The van der Waals surface area contributed by atoms with Gasteiger partial charge in [0.1, 0.15) is 12.4 Å². The number of imidazole rings is 1. The van der Waals surface area contributed by atoms with Crippen LogP contribution in [0.5, 0.6) is 0 Å². The van der Waals surface area contributed by atoms with Crippen LogP contribution in [-0.2, 0) is 23.9 Å². The molecule has 0 aliphatic rings. The molecule has 0 saturated heterocycles. The molecule has 0 aliphatic carbocycles. The summed E-state index contributed by atoms with van der Waals surface area (Å²) in [5.74, 6) is 0.130. The zero-order valence-corrected chi connectivity index (χ0v) is 13.5. The highest BCUT2D eigenvalue weighted by Crippen LogP contribution is 2.27. The van der Waals surface area contributed by atoms with Gasteiger partial charge < -0.3 is 14.9 Å². The van der Waals surface area contributed by atoms with Crippen LogP contribution in [0.25, 0.3) is 11.0 Å². The topological polar surface area (TPSA) is 79.8 Å². The van der Waals surface area contributed by atoms with Crippen LogP contribution in [0.3, 0.4) is 0 Å². The van der Waals surface area contributed by atoms with Crippen molar-refractivity contribution in [1.29, 1.82) is 0 Å². The van der Waals surface area contributed by atoms with Crippen molar-refractivity contribution in [3.05, 3.63) is 64.3 Å². The lowest BCUT2D eigenvalue weighted by Gasteiger charge is -2.10. The molecule has 6 nitrogen and oxygen atoms in total. The lowest BCUT2D eigenvalue weighted by Crippen LogP contribution is -2.33. The zero-order valence-electron chi connectivity index (χ0n) is 13.5. The lowest BCUT2D eigenvalue weighted by atomic mass is 10.2. The molecule has 3 rings (SSSR count). The summed E-state index contributed by atoms with van der Waals surface area (Å²) in [6, 6.07) is 8.96. The average molecular weight is 364 g/mol. The summed E-state index contributed by atoms with van der Waals surface area (Å²) >= 11 is 0. The Morgan fingerprint density at radius 3 is 2.69 bits per heavy atom. The molecule has 1 aromatic carbocycles. The Labute approximate surface area is 145 Å². The van der Waals surface area contributed by atoms with Gasteiger partial charge in [0.25, 0.3) is 5.56 Å². The van der Waals surface area contributed by atoms with Crippen LogP contribution < -0.4 is 10.9 Å². The molecule has 0 radical (unpaired) electrons. The number of fused-ring (bicyclic) bond motifs is 1. The first kappa shape index (κ1) is 17.7. The van der Waals surface area contributed by atoms with Crippen LogP contribution in [0, 0.1) is 0 Å². The van der Waals surface area contributed by atoms with Gasteiger partial charge in [0, 0.05) is 25.2 Å². The standard InChI is InChI=1S/C17H15F3N4O2/c18-17(19,20)11-5-6-16(26)24(9-11)10-15(25)21-8-7-14-22-12-3-1-2-4-13(12)23-14/h1-6,9H,7-8,10H2,(H,21,25)(H,22,23). The number of rotatable bonds is 5. The number of nitrogens with one attached hydrogen (secondary N) is 2. The summed E-state index contributed by atoms with van der Waals surface area (Å²) in [6.45, 7) is -0.241. The van der Waals surface area contributed by atoms with E-state index in [2.05, 4.69) is 15.3 Å². The van der Waals surface area contributed by atoms with Gasteiger partial charge in [-0.05, 0) is 18.2 Å². The van der Waals surface area contributed by atoms with Crippen molar-refractivity contribution in [2.45, 2.75) is 19.1 Å². The van der Waals surface area contributed by atoms with Crippen molar-refractivity contribution in [3.63, 3.8) is 0 Å². The van der Waals surface area contributed by atoms with Gasteiger partial charge in [0.15, 0.2) is 0 Å². The van der Waals surface area contributed by atoms with Gasteiger partial charge in [0.05, 0.1) is 16.6 Å². The number of carbonyl (C=O) groups excluding carboxylic acids is 1. The minimum atomic E-state index is -4.58. The Bertz CT molecular complexity index is 958. The maximum Gasteiger partial charge on any atom is 0.417 e. The molecule has 9 heteroatoms. The highest BCUT2D eigenvalue weighted by Gasteiger charge is 2.31. The van der Waals surface area contributed by atoms with E-state index in [4.69, 9.17) is 0 Å². The second-order valence-corrected chi connectivity index (χ2v) is 5.68. The van der Waals surface area contributed by atoms with E-state index in [-0.39, 0.29) is 6.54 Å². The quantitative estimate of drug-likeness (QED) is 0.728. The highest BCUT2D eigenvalue weighted by atomic mass is 19.4. The van der Waals surface area contributed by atoms with Crippen LogP contribution >= 0.6 is 0 Å². The third kappa shape index (κ3) is 4.11. The lowest BCUT2D eigenvalue weighted by molar-refractivity contribution is -0.138. The summed E-state index contributed by atoms with van der Waals surface area (Å²) in [7, 11) is 0. The molecule has 0 atom stereocenters. The molecule has 3 aromatic rings. The second-order valence-electron chi connectivity index (χ2n) is 5.68. The van der Waals surface area contributed by atoms with E-state index in [1.165, 1.54) is 0 Å². The maximum atomic E-state index is 12.7. The molecule has 0 aliphatic heterocycles. The molecule has 2 heterocycles. The van der Waals surface area contributed by atoms with Crippen LogP contribution in [0.4, 0.5) is 13.2 Å². The smallest absolute Gasteiger partial charge is 0.354 e. The van der Waals surface area contributed by atoms with Crippen molar-refractivity contribution in [1.82, 2.24) is 19.9 Å². The number of aromatic amines is 1.